The Hall–Kier alpha value is 0.120. The van der Waals surface area contributed by atoms with Crippen LogP contribution in [0.3, 0.4) is 0 Å². The molecule has 3 nitrogen and oxygen atoms in total. The van der Waals surface area contributed by atoms with Crippen molar-refractivity contribution in [2.24, 2.45) is 5.41 Å². The molecule has 0 rings (SSSR count). The Morgan fingerprint density at radius 1 is 1.18 bits per heavy atom. The first-order valence-electron chi connectivity index (χ1n) is 5.34. The highest BCUT2D eigenvalue weighted by Gasteiger charge is 2.41. The van der Waals surface area contributed by atoms with E-state index >= 15 is 0 Å². The minimum atomic E-state index is -4.04. The summed E-state index contributed by atoms with van der Waals surface area (Å²) in [6.07, 6.45) is 0.640. The Morgan fingerprint density at radius 2 is 1.59 bits per heavy atom. The van der Waals surface area contributed by atoms with E-state index in [-0.39, 0.29) is 0 Å². The SMILES string of the molecule is CCC(C)(S)C(C)(C)CS(=O)(=O)NC(C)(F)F. The van der Waals surface area contributed by atoms with Crippen molar-refractivity contribution in [1.82, 2.24) is 4.72 Å². The Kier molecular flexibility index (Phi) is 5.05. The third-order valence-electron chi connectivity index (χ3n) is 3.03. The van der Waals surface area contributed by atoms with Gasteiger partial charge in [-0.3, -0.25) is 0 Å². The molecule has 0 aliphatic rings. The maximum Gasteiger partial charge on any atom is 0.311 e. The predicted octanol–water partition coefficient (Wildman–Crippen LogP) is 2.64. The maximum atomic E-state index is 12.7. The van der Waals surface area contributed by atoms with Crippen molar-refractivity contribution in [3.05, 3.63) is 0 Å². The standard InChI is InChI=1S/C10H21F2NO2S2/c1-6-9(4,16)8(2,3)7-17(14,15)13-10(5,11)12/h13,16H,6-7H2,1-5H3. The molecule has 1 atom stereocenters. The first kappa shape index (κ1) is 17.1. The lowest BCUT2D eigenvalue weighted by atomic mass is 9.79. The van der Waals surface area contributed by atoms with Crippen molar-refractivity contribution >= 4 is 22.7 Å². The number of thiol groups is 1. The number of hydrogen-bond acceptors (Lipinski definition) is 3. The van der Waals surface area contributed by atoms with E-state index in [4.69, 9.17) is 0 Å². The second kappa shape index (κ2) is 5.01. The molecule has 17 heavy (non-hydrogen) atoms. The molecule has 0 saturated heterocycles. The zero-order valence-corrected chi connectivity index (χ0v) is 12.6. The van der Waals surface area contributed by atoms with Crippen LogP contribution < -0.4 is 4.72 Å². The molecule has 0 heterocycles. The van der Waals surface area contributed by atoms with Crippen LogP contribution in [0.4, 0.5) is 8.78 Å². The summed E-state index contributed by atoms with van der Waals surface area (Å²) >= 11 is 4.41. The molecule has 0 aromatic heterocycles. The van der Waals surface area contributed by atoms with Crippen molar-refractivity contribution in [2.45, 2.75) is 51.8 Å². The van der Waals surface area contributed by atoms with Crippen molar-refractivity contribution in [3.63, 3.8) is 0 Å². The highest BCUT2D eigenvalue weighted by Crippen LogP contribution is 2.39. The third-order valence-corrected chi connectivity index (χ3v) is 5.72. The van der Waals surface area contributed by atoms with Gasteiger partial charge in [-0.2, -0.15) is 26.1 Å². The largest absolute Gasteiger partial charge is 0.311 e. The van der Waals surface area contributed by atoms with Crippen molar-refractivity contribution < 1.29 is 17.2 Å². The van der Waals surface area contributed by atoms with Gasteiger partial charge in [-0.15, -0.1) is 0 Å². The van der Waals surface area contributed by atoms with E-state index in [1.54, 1.807) is 20.8 Å². The zero-order chi connectivity index (χ0) is 14.1. The van der Waals surface area contributed by atoms with Gasteiger partial charge in [0.15, 0.2) is 0 Å². The van der Waals surface area contributed by atoms with Crippen LogP contribution in [-0.4, -0.2) is 25.0 Å². The summed E-state index contributed by atoms with van der Waals surface area (Å²) in [4.78, 5) is 0. The van der Waals surface area contributed by atoms with Crippen LogP contribution in [0, 0.1) is 5.41 Å². The fraction of sp³-hybridized carbons (Fsp3) is 1.00. The molecule has 104 valence electrons. The summed E-state index contributed by atoms with van der Waals surface area (Å²) in [5.41, 5.74) is -0.720. The number of sulfonamides is 1. The summed E-state index contributed by atoms with van der Waals surface area (Å²) in [6.45, 7) is 7.60. The van der Waals surface area contributed by atoms with Crippen LogP contribution >= 0.6 is 12.6 Å². The normalized spacial score (nSPS) is 17.9. The first-order valence-corrected chi connectivity index (χ1v) is 7.44. The van der Waals surface area contributed by atoms with Crippen LogP contribution in [0.15, 0.2) is 0 Å². The molecule has 0 bridgehead atoms. The number of alkyl halides is 2. The van der Waals surface area contributed by atoms with E-state index in [1.165, 1.54) is 4.72 Å². The van der Waals surface area contributed by atoms with Gasteiger partial charge in [-0.1, -0.05) is 27.7 Å². The molecule has 7 heteroatoms. The molecule has 0 aromatic rings. The molecule has 0 aliphatic heterocycles. The third kappa shape index (κ3) is 5.52. The lowest BCUT2D eigenvalue weighted by Crippen LogP contribution is -2.48. The van der Waals surface area contributed by atoms with Crippen LogP contribution in [0.25, 0.3) is 0 Å². The van der Waals surface area contributed by atoms with Gasteiger partial charge in [-0.05, 0) is 11.8 Å². The summed E-state index contributed by atoms with van der Waals surface area (Å²) in [5.74, 6) is -0.392. The van der Waals surface area contributed by atoms with Gasteiger partial charge in [0.1, 0.15) is 0 Å². The summed E-state index contributed by atoms with van der Waals surface area (Å²) in [5, 5.41) is 0. The van der Waals surface area contributed by atoms with E-state index < -0.39 is 32.0 Å². The highest BCUT2D eigenvalue weighted by molar-refractivity contribution is 7.89. The summed E-state index contributed by atoms with van der Waals surface area (Å²) in [7, 11) is -4.04. The van der Waals surface area contributed by atoms with Crippen molar-refractivity contribution in [2.75, 3.05) is 5.75 Å². The van der Waals surface area contributed by atoms with Gasteiger partial charge in [0.2, 0.25) is 10.0 Å². The first-order chi connectivity index (χ1) is 7.22. The number of hydrogen-bond donors (Lipinski definition) is 2. The number of nitrogens with one attached hydrogen (secondary N) is 1. The van der Waals surface area contributed by atoms with Crippen molar-refractivity contribution in [1.29, 1.82) is 0 Å². The minimum absolute atomic E-state index is 0.392. The lowest BCUT2D eigenvalue weighted by molar-refractivity contribution is 0.00982. The van der Waals surface area contributed by atoms with Crippen LogP contribution in [0.5, 0.6) is 0 Å². The van der Waals surface area contributed by atoms with Crippen LogP contribution in [0.2, 0.25) is 0 Å². The van der Waals surface area contributed by atoms with E-state index in [1.807, 2.05) is 6.92 Å². The van der Waals surface area contributed by atoms with Gasteiger partial charge < -0.3 is 0 Å². The Bertz CT molecular complexity index is 359. The molecular formula is C10H21F2NO2S2. The second-order valence-corrected chi connectivity index (χ2v) is 7.97. The summed E-state index contributed by atoms with van der Waals surface area (Å²) < 4.78 is 49.3. The molecule has 0 spiro atoms. The van der Waals surface area contributed by atoms with Crippen LogP contribution in [-0.2, 0) is 10.0 Å². The van der Waals surface area contributed by atoms with Crippen molar-refractivity contribution in [3.8, 4) is 0 Å². The average Bonchev–Trinajstić information content (AvgIpc) is 1.96. The van der Waals surface area contributed by atoms with E-state index in [2.05, 4.69) is 12.6 Å². The predicted molar refractivity (Wildman–Crippen MR) is 69.0 cm³/mol. The fourth-order valence-corrected chi connectivity index (χ4v) is 3.49. The van der Waals surface area contributed by atoms with E-state index in [0.717, 1.165) is 0 Å². The Morgan fingerprint density at radius 3 is 1.88 bits per heavy atom. The van der Waals surface area contributed by atoms with Crippen LogP contribution in [0.1, 0.15) is 41.0 Å². The van der Waals surface area contributed by atoms with Gasteiger partial charge >= 0.3 is 6.05 Å². The Balaban J connectivity index is 4.96. The summed E-state index contributed by atoms with van der Waals surface area (Å²) in [6, 6.07) is -3.44. The van der Waals surface area contributed by atoms with Gasteiger partial charge in [0.05, 0.1) is 5.75 Å². The fourth-order valence-electron chi connectivity index (χ4n) is 1.42. The molecule has 1 N–H and O–H groups in total. The number of halogens is 2. The van der Waals surface area contributed by atoms with E-state index in [9.17, 15) is 17.2 Å². The zero-order valence-electron chi connectivity index (χ0n) is 10.8. The van der Waals surface area contributed by atoms with E-state index in [0.29, 0.717) is 13.3 Å². The molecule has 0 saturated carbocycles. The molecule has 0 aromatic carbocycles. The smallest absolute Gasteiger partial charge is 0.212 e. The Labute approximate surface area is 108 Å². The second-order valence-electron chi connectivity index (χ2n) is 5.26. The maximum absolute atomic E-state index is 12.7. The molecule has 0 amide bonds. The quantitative estimate of drug-likeness (QED) is 0.583. The minimum Gasteiger partial charge on any atom is -0.212 e. The number of rotatable bonds is 6. The van der Waals surface area contributed by atoms with Gasteiger partial charge in [0, 0.05) is 11.7 Å². The topological polar surface area (TPSA) is 46.2 Å². The average molecular weight is 289 g/mol. The molecule has 0 radical (unpaired) electrons. The van der Waals surface area contributed by atoms with Gasteiger partial charge in [0.25, 0.3) is 0 Å². The molecular weight excluding hydrogens is 268 g/mol. The molecule has 1 unspecified atom stereocenters. The van der Waals surface area contributed by atoms with Gasteiger partial charge in [-0.25, -0.2) is 8.42 Å². The highest BCUT2D eigenvalue weighted by atomic mass is 32.2. The molecule has 0 aliphatic carbocycles. The monoisotopic (exact) mass is 289 g/mol. The lowest BCUT2D eigenvalue weighted by Gasteiger charge is -2.40. The molecule has 0 fully saturated rings.